The zero-order valence-corrected chi connectivity index (χ0v) is 30.8. The molecule has 0 aromatic heterocycles. The zero-order chi connectivity index (χ0) is 40.8. The van der Waals surface area contributed by atoms with Crippen LogP contribution in [0.15, 0.2) is 71.1 Å². The molecule has 3 aromatic rings. The quantitative estimate of drug-likeness (QED) is 0.0602. The molecule has 294 valence electrons. The molecule has 2 aliphatic rings. The molecule has 0 atom stereocenters. The van der Waals surface area contributed by atoms with Crippen LogP contribution in [0.25, 0.3) is 33.4 Å². The number of aliphatic carboxylic acids is 4. The number of ether oxygens (including phenoxy) is 2. The van der Waals surface area contributed by atoms with Crippen LogP contribution >= 0.6 is 0 Å². The molecule has 0 amide bonds. The van der Waals surface area contributed by atoms with Gasteiger partial charge >= 0.3 is 23.9 Å². The van der Waals surface area contributed by atoms with Crippen LogP contribution in [0.5, 0.6) is 11.5 Å². The van der Waals surface area contributed by atoms with E-state index in [-0.39, 0.29) is 17.1 Å². The SMILES string of the molecule is CN(C)c1ccc2c(-c3ccc(N(CC(=O)O)CC(=O)O)c(OCCOc4c(N(CC(=O)O)CC(=O)O)ccc(F)c4F)c3)c3ccc(=[N+](C)C)cc-3oc2c1. The van der Waals surface area contributed by atoms with E-state index < -0.39 is 80.7 Å². The molecule has 17 heteroatoms. The summed E-state index contributed by atoms with van der Waals surface area (Å²) in [5, 5.41) is 39.6. The maximum Gasteiger partial charge on any atom is 0.323 e. The van der Waals surface area contributed by atoms with E-state index in [1.54, 1.807) is 12.1 Å². The van der Waals surface area contributed by atoms with Gasteiger partial charge in [0.05, 0.1) is 17.4 Å². The predicted octanol–water partition coefficient (Wildman–Crippen LogP) is 3.99. The van der Waals surface area contributed by atoms with E-state index in [4.69, 9.17) is 13.9 Å². The van der Waals surface area contributed by atoms with E-state index in [1.807, 2.05) is 74.1 Å². The third-order valence-corrected chi connectivity index (χ3v) is 8.57. The number of nitrogens with zero attached hydrogens (tertiary/aromatic N) is 4. The lowest BCUT2D eigenvalue weighted by molar-refractivity contribution is -0.138. The normalized spacial score (nSPS) is 11.0. The van der Waals surface area contributed by atoms with Gasteiger partial charge in [-0.05, 0) is 48.0 Å². The van der Waals surface area contributed by atoms with Crippen LogP contribution in [0.2, 0.25) is 0 Å². The molecule has 0 bridgehead atoms. The van der Waals surface area contributed by atoms with Crippen molar-refractivity contribution in [3.05, 3.63) is 83.7 Å². The Morgan fingerprint density at radius 2 is 1.30 bits per heavy atom. The van der Waals surface area contributed by atoms with Crippen molar-refractivity contribution in [2.45, 2.75) is 0 Å². The molecule has 0 fully saturated rings. The summed E-state index contributed by atoms with van der Waals surface area (Å²) >= 11 is 0. The molecular formula is C39H39F2N4O11+. The van der Waals surface area contributed by atoms with E-state index in [0.717, 1.165) is 43.4 Å². The first-order valence-corrected chi connectivity index (χ1v) is 17.0. The summed E-state index contributed by atoms with van der Waals surface area (Å²) in [7, 11) is 7.58. The van der Waals surface area contributed by atoms with Crippen LogP contribution in [-0.4, -0.2) is 112 Å². The number of carbonyl (C=O) groups is 4. The first kappa shape index (κ1) is 40.3. The molecule has 0 unspecified atom stereocenters. The third-order valence-electron chi connectivity index (χ3n) is 8.57. The van der Waals surface area contributed by atoms with Gasteiger partial charge in [0.1, 0.15) is 70.6 Å². The van der Waals surface area contributed by atoms with Crippen LogP contribution in [0.1, 0.15) is 0 Å². The van der Waals surface area contributed by atoms with Crippen LogP contribution in [-0.2, 0) is 19.2 Å². The second kappa shape index (κ2) is 17.0. The lowest BCUT2D eigenvalue weighted by atomic mass is 9.93. The molecule has 3 aromatic carbocycles. The Kier molecular flexibility index (Phi) is 12.3. The van der Waals surface area contributed by atoms with Gasteiger partial charge in [-0.25, -0.2) is 8.97 Å². The first-order valence-electron chi connectivity index (χ1n) is 17.0. The highest BCUT2D eigenvalue weighted by atomic mass is 19.2. The number of rotatable bonds is 17. The van der Waals surface area contributed by atoms with Gasteiger partial charge in [0.2, 0.25) is 11.2 Å². The topological polar surface area (TPSA) is 194 Å². The van der Waals surface area contributed by atoms with Crippen molar-refractivity contribution in [1.82, 2.24) is 4.58 Å². The summed E-state index contributed by atoms with van der Waals surface area (Å²) < 4.78 is 49.4. The van der Waals surface area contributed by atoms with E-state index in [2.05, 4.69) is 0 Å². The number of carboxylic acids is 4. The molecule has 0 saturated heterocycles. The Labute approximate surface area is 318 Å². The fraction of sp³-hybridized carbons (Fsp3) is 0.256. The van der Waals surface area contributed by atoms with E-state index in [9.17, 15) is 44.0 Å². The summed E-state index contributed by atoms with van der Waals surface area (Å²) in [6, 6.07) is 17.9. The van der Waals surface area contributed by atoms with Gasteiger partial charge in [-0.2, -0.15) is 4.39 Å². The van der Waals surface area contributed by atoms with Crippen molar-refractivity contribution < 1.29 is 62.3 Å². The van der Waals surface area contributed by atoms with Crippen LogP contribution in [0.3, 0.4) is 0 Å². The molecule has 15 nitrogen and oxygen atoms in total. The molecule has 0 radical (unpaired) electrons. The largest absolute Gasteiger partial charge is 0.488 e. The maximum atomic E-state index is 15.1. The number of anilines is 3. The average Bonchev–Trinajstić information content (AvgIpc) is 3.12. The molecular weight excluding hydrogens is 738 g/mol. The molecule has 1 aliphatic carbocycles. The summed E-state index contributed by atoms with van der Waals surface area (Å²) in [6.07, 6.45) is 0. The van der Waals surface area contributed by atoms with Crippen molar-refractivity contribution in [3.8, 4) is 33.9 Å². The standard InChI is InChI=1S/C39H38F2N4O11/c1-42(2)23-6-8-25-30(16-23)56-31-17-24(43(3)4)7-9-26(31)37(25)22-5-11-28(44(18-33(46)47)19-34(48)49)32(15-22)54-13-14-55-39-29(12-10-27(40)38(39)41)45(20-35(50)51)21-36(52)53/h5-12,15-17H,13-14,18-21H2,1-4H3,(H3-,46,47,48,49,50,51,52,53)/p+1. The third kappa shape index (κ3) is 9.23. The fourth-order valence-corrected chi connectivity index (χ4v) is 6.09. The second-order valence-corrected chi connectivity index (χ2v) is 13.0. The molecule has 0 saturated carbocycles. The van der Waals surface area contributed by atoms with Gasteiger partial charge in [-0.1, -0.05) is 6.07 Å². The number of benzene rings is 4. The highest BCUT2D eigenvalue weighted by molar-refractivity contribution is 6.03. The highest BCUT2D eigenvalue weighted by Crippen LogP contribution is 2.43. The first-order chi connectivity index (χ1) is 26.5. The van der Waals surface area contributed by atoms with Crippen molar-refractivity contribution in [1.29, 1.82) is 0 Å². The molecule has 1 aliphatic heterocycles. The minimum absolute atomic E-state index is 0.0174. The van der Waals surface area contributed by atoms with Crippen molar-refractivity contribution in [2.24, 2.45) is 0 Å². The molecule has 0 spiro atoms. The molecule has 4 N–H and O–H groups in total. The zero-order valence-electron chi connectivity index (χ0n) is 30.8. The van der Waals surface area contributed by atoms with Crippen LogP contribution in [0.4, 0.5) is 25.8 Å². The second-order valence-electron chi connectivity index (χ2n) is 13.0. The monoisotopic (exact) mass is 777 g/mol. The summed E-state index contributed by atoms with van der Waals surface area (Å²) in [5.41, 5.74) is 3.19. The molecule has 56 heavy (non-hydrogen) atoms. The van der Waals surface area contributed by atoms with Gasteiger partial charge in [-0.3, -0.25) is 19.2 Å². The Balaban J connectivity index is 1.61. The molecule has 5 rings (SSSR count). The van der Waals surface area contributed by atoms with E-state index >= 15 is 4.39 Å². The average molecular weight is 778 g/mol. The van der Waals surface area contributed by atoms with Gasteiger partial charge in [-0.15, -0.1) is 0 Å². The van der Waals surface area contributed by atoms with E-state index in [0.29, 0.717) is 23.0 Å². The number of hydrogen-bond acceptors (Lipinski definition) is 10. The number of fused-ring (bicyclic) bond motifs is 2. The number of hydrogen-bond donors (Lipinski definition) is 4. The van der Waals surface area contributed by atoms with Crippen LogP contribution < -0.4 is 34.1 Å². The maximum absolute atomic E-state index is 15.1. The van der Waals surface area contributed by atoms with Crippen LogP contribution in [0, 0.1) is 11.6 Å². The Hall–Kier alpha value is -6.91. The highest BCUT2D eigenvalue weighted by Gasteiger charge is 2.25. The Morgan fingerprint density at radius 1 is 0.714 bits per heavy atom. The lowest BCUT2D eigenvalue weighted by Gasteiger charge is -2.25. The summed E-state index contributed by atoms with van der Waals surface area (Å²) in [4.78, 5) is 50.4. The predicted molar refractivity (Wildman–Crippen MR) is 202 cm³/mol. The Morgan fingerprint density at radius 3 is 1.89 bits per heavy atom. The van der Waals surface area contributed by atoms with Gasteiger partial charge in [0, 0.05) is 48.4 Å². The number of carboxylic acid groups (broad SMARTS) is 4. The summed E-state index contributed by atoms with van der Waals surface area (Å²) in [5.74, 6) is -8.53. The van der Waals surface area contributed by atoms with Gasteiger partial charge in [0.25, 0.3) is 0 Å². The smallest absolute Gasteiger partial charge is 0.323 e. The lowest BCUT2D eigenvalue weighted by Crippen LogP contribution is -2.35. The Bertz CT molecular complexity index is 2330. The fourth-order valence-electron chi connectivity index (χ4n) is 6.09. The summed E-state index contributed by atoms with van der Waals surface area (Å²) in [6.45, 7) is -4.06. The minimum Gasteiger partial charge on any atom is -0.488 e. The minimum atomic E-state index is -1.50. The number of halogens is 2. The molecule has 1 heterocycles. The van der Waals surface area contributed by atoms with Crippen molar-refractivity contribution in [2.75, 3.05) is 82.3 Å². The van der Waals surface area contributed by atoms with Gasteiger partial charge in [0.15, 0.2) is 11.6 Å². The van der Waals surface area contributed by atoms with Gasteiger partial charge < -0.3 is 49.0 Å². The van der Waals surface area contributed by atoms with Crippen molar-refractivity contribution >= 4 is 51.9 Å². The van der Waals surface area contributed by atoms with E-state index in [1.165, 1.54) is 6.07 Å². The van der Waals surface area contributed by atoms with Crippen molar-refractivity contribution in [3.63, 3.8) is 0 Å².